The van der Waals surface area contributed by atoms with Crippen LogP contribution in [0, 0.1) is 0 Å². The molecule has 2 aliphatic rings. The first-order valence-electron chi connectivity index (χ1n) is 9.90. The van der Waals surface area contributed by atoms with Crippen molar-refractivity contribution in [2.24, 2.45) is 0 Å². The van der Waals surface area contributed by atoms with Crippen molar-refractivity contribution >= 4 is 27.5 Å². The maximum Gasteiger partial charge on any atom is 0.257 e. The lowest BCUT2D eigenvalue weighted by atomic mass is 10.0. The molecular formula is C22H25BrN2O4. The monoisotopic (exact) mass is 460 g/mol. The number of rotatable bonds is 6. The number of fused-ring (bicyclic) bond motifs is 1. The van der Waals surface area contributed by atoms with Crippen LogP contribution in [0.25, 0.3) is 0 Å². The first-order chi connectivity index (χ1) is 14.1. The fourth-order valence-corrected chi connectivity index (χ4v) is 4.51. The van der Waals surface area contributed by atoms with E-state index in [1.54, 1.807) is 7.11 Å². The summed E-state index contributed by atoms with van der Waals surface area (Å²) in [5, 5.41) is 3.53. The van der Waals surface area contributed by atoms with Crippen molar-refractivity contribution in [1.29, 1.82) is 0 Å². The highest BCUT2D eigenvalue weighted by Crippen LogP contribution is 2.41. The van der Waals surface area contributed by atoms with Crippen molar-refractivity contribution < 1.29 is 19.0 Å². The number of ether oxygens (including phenoxy) is 3. The summed E-state index contributed by atoms with van der Waals surface area (Å²) >= 11 is 3.60. The Morgan fingerprint density at radius 1 is 1.31 bits per heavy atom. The number of halogens is 1. The van der Waals surface area contributed by atoms with Gasteiger partial charge in [-0.2, -0.15) is 0 Å². The highest BCUT2D eigenvalue weighted by atomic mass is 79.9. The maximum absolute atomic E-state index is 13.4. The van der Waals surface area contributed by atoms with Crippen LogP contribution in [-0.4, -0.2) is 43.8 Å². The van der Waals surface area contributed by atoms with Crippen LogP contribution >= 0.6 is 15.9 Å². The van der Waals surface area contributed by atoms with Gasteiger partial charge in [0.05, 0.1) is 29.9 Å². The number of nitrogens with one attached hydrogen (secondary N) is 1. The highest BCUT2D eigenvalue weighted by Gasteiger charge is 2.35. The molecule has 0 aromatic heterocycles. The molecule has 0 unspecified atom stereocenters. The van der Waals surface area contributed by atoms with Gasteiger partial charge in [0.25, 0.3) is 5.91 Å². The molecule has 2 aromatic carbocycles. The van der Waals surface area contributed by atoms with E-state index in [0.717, 1.165) is 35.2 Å². The second-order valence-electron chi connectivity index (χ2n) is 7.15. The first-order valence-corrected chi connectivity index (χ1v) is 10.7. The molecular weight excluding hydrogens is 436 g/mol. The number of benzene rings is 2. The molecule has 1 N–H and O–H groups in total. The second kappa shape index (κ2) is 8.63. The molecule has 0 bridgehead atoms. The molecule has 1 fully saturated rings. The summed E-state index contributed by atoms with van der Waals surface area (Å²) < 4.78 is 17.9. The van der Waals surface area contributed by atoms with Gasteiger partial charge in [-0.05, 0) is 65.5 Å². The van der Waals surface area contributed by atoms with E-state index in [4.69, 9.17) is 14.2 Å². The Labute approximate surface area is 179 Å². The molecule has 2 heterocycles. The van der Waals surface area contributed by atoms with Crippen molar-refractivity contribution in [3.05, 3.63) is 52.0 Å². The molecule has 0 radical (unpaired) electrons. The Hall–Kier alpha value is -2.25. The Balaban J connectivity index is 1.74. The van der Waals surface area contributed by atoms with Crippen LogP contribution in [0.2, 0.25) is 0 Å². The Bertz CT molecular complexity index is 898. The average Bonchev–Trinajstić information content (AvgIpc) is 3.24. The summed E-state index contributed by atoms with van der Waals surface area (Å²) in [6, 6.07) is 11.5. The SMILES string of the molecule is CCOc1c(Br)cc([C@H]2Nc3ccccc3C(=O)N2C[C@@H]2CCCO2)cc1OC. The molecule has 2 aliphatic heterocycles. The van der Waals surface area contributed by atoms with Gasteiger partial charge in [0.1, 0.15) is 6.17 Å². The normalized spacial score (nSPS) is 20.9. The van der Waals surface area contributed by atoms with E-state index >= 15 is 0 Å². The van der Waals surface area contributed by atoms with E-state index in [1.165, 1.54) is 0 Å². The van der Waals surface area contributed by atoms with Gasteiger partial charge in [-0.25, -0.2) is 0 Å². The quantitative estimate of drug-likeness (QED) is 0.682. The highest BCUT2D eigenvalue weighted by molar-refractivity contribution is 9.10. The molecule has 2 atom stereocenters. The van der Waals surface area contributed by atoms with Gasteiger partial charge >= 0.3 is 0 Å². The van der Waals surface area contributed by atoms with Gasteiger partial charge in [-0.3, -0.25) is 4.79 Å². The topological polar surface area (TPSA) is 60.0 Å². The van der Waals surface area contributed by atoms with E-state index in [9.17, 15) is 4.79 Å². The van der Waals surface area contributed by atoms with Crippen LogP contribution in [0.4, 0.5) is 5.69 Å². The number of amides is 1. The van der Waals surface area contributed by atoms with E-state index in [0.29, 0.717) is 30.2 Å². The average molecular weight is 461 g/mol. The number of anilines is 1. The van der Waals surface area contributed by atoms with Gasteiger partial charge in [-0.1, -0.05) is 12.1 Å². The number of hydrogen-bond acceptors (Lipinski definition) is 5. The van der Waals surface area contributed by atoms with Crippen molar-refractivity contribution in [3.8, 4) is 11.5 Å². The minimum absolute atomic E-state index is 0.00354. The van der Waals surface area contributed by atoms with Crippen LogP contribution in [0.5, 0.6) is 11.5 Å². The largest absolute Gasteiger partial charge is 0.493 e. The van der Waals surface area contributed by atoms with Crippen LogP contribution in [0.3, 0.4) is 0 Å². The summed E-state index contributed by atoms with van der Waals surface area (Å²) in [6.07, 6.45) is 1.72. The summed E-state index contributed by atoms with van der Waals surface area (Å²) in [7, 11) is 1.62. The fraction of sp³-hybridized carbons (Fsp3) is 0.409. The zero-order chi connectivity index (χ0) is 20.4. The molecule has 154 valence electrons. The predicted octanol–water partition coefficient (Wildman–Crippen LogP) is 4.60. The van der Waals surface area contributed by atoms with E-state index in [1.807, 2.05) is 48.2 Å². The third kappa shape index (κ3) is 3.94. The molecule has 0 spiro atoms. The van der Waals surface area contributed by atoms with Crippen LogP contribution in [0.1, 0.15) is 41.9 Å². The summed E-state index contributed by atoms with van der Waals surface area (Å²) in [5.41, 5.74) is 2.42. The first kappa shape index (κ1) is 20.0. The lowest BCUT2D eigenvalue weighted by molar-refractivity contribution is 0.0426. The van der Waals surface area contributed by atoms with Crippen molar-refractivity contribution in [1.82, 2.24) is 4.90 Å². The molecule has 6 nitrogen and oxygen atoms in total. The number of hydrogen-bond donors (Lipinski definition) is 1. The fourth-order valence-electron chi connectivity index (χ4n) is 3.93. The molecule has 29 heavy (non-hydrogen) atoms. The summed E-state index contributed by atoms with van der Waals surface area (Å²) in [5.74, 6) is 1.29. The lowest BCUT2D eigenvalue weighted by Gasteiger charge is -2.39. The number of carbonyl (C=O) groups excluding carboxylic acids is 1. The number of carbonyl (C=O) groups is 1. The third-order valence-electron chi connectivity index (χ3n) is 5.30. The molecule has 0 aliphatic carbocycles. The van der Waals surface area contributed by atoms with Gasteiger partial charge in [-0.15, -0.1) is 0 Å². The van der Waals surface area contributed by atoms with Crippen molar-refractivity contribution in [2.45, 2.75) is 32.0 Å². The second-order valence-corrected chi connectivity index (χ2v) is 8.01. The summed E-state index contributed by atoms with van der Waals surface area (Å²) in [4.78, 5) is 15.2. The smallest absolute Gasteiger partial charge is 0.257 e. The zero-order valence-electron chi connectivity index (χ0n) is 16.6. The third-order valence-corrected chi connectivity index (χ3v) is 5.89. The van der Waals surface area contributed by atoms with E-state index < -0.39 is 0 Å². The van der Waals surface area contributed by atoms with Crippen LogP contribution < -0.4 is 14.8 Å². The van der Waals surface area contributed by atoms with E-state index in [-0.39, 0.29) is 18.2 Å². The number of para-hydroxylation sites is 1. The van der Waals surface area contributed by atoms with Crippen LogP contribution in [-0.2, 0) is 4.74 Å². The molecule has 4 rings (SSSR count). The van der Waals surface area contributed by atoms with Crippen LogP contribution in [0.15, 0.2) is 40.9 Å². The standard InChI is InChI=1S/C22H25BrN2O4/c1-3-28-20-17(23)11-14(12-19(20)27-2)21-24-18-9-5-4-8-16(18)22(26)25(21)13-15-7-6-10-29-15/h4-5,8-9,11-12,15,21,24H,3,6-7,10,13H2,1-2H3/t15-,21-/m0/s1. The zero-order valence-corrected chi connectivity index (χ0v) is 18.2. The minimum atomic E-state index is -0.331. The van der Waals surface area contributed by atoms with E-state index in [2.05, 4.69) is 21.2 Å². The van der Waals surface area contributed by atoms with Crippen molar-refractivity contribution in [2.75, 3.05) is 32.2 Å². The Morgan fingerprint density at radius 2 is 2.14 bits per heavy atom. The van der Waals surface area contributed by atoms with Gasteiger partial charge in [0, 0.05) is 18.8 Å². The van der Waals surface area contributed by atoms with Gasteiger partial charge in [0.2, 0.25) is 0 Å². The molecule has 1 amide bonds. The van der Waals surface area contributed by atoms with Gasteiger partial charge < -0.3 is 24.4 Å². The molecule has 2 aromatic rings. The predicted molar refractivity (Wildman–Crippen MR) is 115 cm³/mol. The van der Waals surface area contributed by atoms with Gasteiger partial charge in [0.15, 0.2) is 11.5 Å². The number of methoxy groups -OCH3 is 1. The molecule has 0 saturated carbocycles. The lowest BCUT2D eigenvalue weighted by Crippen LogP contribution is -2.46. The minimum Gasteiger partial charge on any atom is -0.493 e. The maximum atomic E-state index is 13.4. The Kier molecular flexibility index (Phi) is 5.96. The Morgan fingerprint density at radius 3 is 2.86 bits per heavy atom. The summed E-state index contributed by atoms with van der Waals surface area (Å²) in [6.45, 7) is 3.76. The van der Waals surface area contributed by atoms with Crippen molar-refractivity contribution in [3.63, 3.8) is 0 Å². The molecule has 1 saturated heterocycles. The molecule has 7 heteroatoms. The number of nitrogens with zero attached hydrogens (tertiary/aromatic N) is 1.